The molecule has 2 heterocycles. The number of nitrogens with two attached hydrogens (primary N) is 2. The van der Waals surface area contributed by atoms with E-state index in [4.69, 9.17) is 11.5 Å². The average Bonchev–Trinajstić information content (AvgIpc) is 2.27. The van der Waals surface area contributed by atoms with Crippen LogP contribution in [0.3, 0.4) is 0 Å². The summed E-state index contributed by atoms with van der Waals surface area (Å²) < 4.78 is 0. The first-order valence-corrected chi connectivity index (χ1v) is 5.64. The third kappa shape index (κ3) is 2.83. The van der Waals surface area contributed by atoms with Gasteiger partial charge >= 0.3 is 0 Å². The number of anilines is 2. The summed E-state index contributed by atoms with van der Waals surface area (Å²) in [5.41, 5.74) is 12.3. The number of pyridine rings is 1. The van der Waals surface area contributed by atoms with Gasteiger partial charge < -0.3 is 11.5 Å². The predicted octanol–water partition coefficient (Wildman–Crippen LogP) is 1.33. The van der Waals surface area contributed by atoms with Crippen LogP contribution in [0.5, 0.6) is 0 Å². The van der Waals surface area contributed by atoms with Gasteiger partial charge in [0, 0.05) is 24.2 Å². The number of hydrogen-bond donors (Lipinski definition) is 2. The molecule has 0 spiro atoms. The molecule has 0 amide bonds. The number of aromatic nitrogens is 3. The van der Waals surface area contributed by atoms with E-state index in [-0.39, 0.29) is 0 Å². The predicted molar refractivity (Wildman–Crippen MR) is 64.7 cm³/mol. The van der Waals surface area contributed by atoms with E-state index < -0.39 is 0 Å². The zero-order valence-corrected chi connectivity index (χ0v) is 9.31. The third-order valence-corrected chi connectivity index (χ3v) is 2.78. The van der Waals surface area contributed by atoms with Crippen LogP contribution in [0, 0.1) is 0 Å². The second-order valence-electron chi connectivity index (χ2n) is 3.14. The highest BCUT2D eigenvalue weighted by atomic mass is 32.2. The summed E-state index contributed by atoms with van der Waals surface area (Å²) in [6.07, 6.45) is 3.51. The Kier molecular flexibility index (Phi) is 3.21. The topological polar surface area (TPSA) is 90.7 Å². The molecular weight excluding hydrogens is 222 g/mol. The molecule has 0 radical (unpaired) electrons. The summed E-state index contributed by atoms with van der Waals surface area (Å²) in [6.45, 7) is 0. The lowest BCUT2D eigenvalue weighted by molar-refractivity contribution is 0.984. The highest BCUT2D eigenvalue weighted by Crippen LogP contribution is 2.20. The molecule has 5 nitrogen and oxygen atoms in total. The number of thioether (sulfide) groups is 1. The lowest BCUT2D eigenvalue weighted by Gasteiger charge is -2.02. The fourth-order valence-corrected chi connectivity index (χ4v) is 1.98. The van der Waals surface area contributed by atoms with Gasteiger partial charge in [-0.1, -0.05) is 11.8 Å². The lowest BCUT2D eigenvalue weighted by atomic mass is 10.3. The molecule has 2 aromatic heterocycles. The summed E-state index contributed by atoms with van der Waals surface area (Å²) in [6, 6.07) is 5.43. The van der Waals surface area contributed by atoms with Gasteiger partial charge in [0.15, 0.2) is 5.16 Å². The third-order valence-electron chi connectivity index (χ3n) is 1.86. The van der Waals surface area contributed by atoms with Gasteiger partial charge in [-0.15, -0.1) is 0 Å². The number of nitrogen functional groups attached to an aromatic ring is 2. The molecule has 4 N–H and O–H groups in total. The Balaban J connectivity index is 2.05. The molecule has 0 fully saturated rings. The van der Waals surface area contributed by atoms with Gasteiger partial charge in [-0.2, -0.15) is 0 Å². The zero-order valence-electron chi connectivity index (χ0n) is 8.50. The van der Waals surface area contributed by atoms with E-state index in [9.17, 15) is 0 Å². The van der Waals surface area contributed by atoms with E-state index in [1.807, 2.05) is 12.1 Å². The Bertz CT molecular complexity index is 454. The second-order valence-corrected chi connectivity index (χ2v) is 4.09. The molecule has 16 heavy (non-hydrogen) atoms. The van der Waals surface area contributed by atoms with Gasteiger partial charge in [0.1, 0.15) is 11.6 Å². The standard InChI is InChI=1S/C10H11N5S/c11-8-5-9(12)15-10(14-8)16-6-7-1-3-13-4-2-7/h1-5H,6H2,(H4,11,12,14,15). The van der Waals surface area contributed by atoms with Crippen molar-refractivity contribution in [3.63, 3.8) is 0 Å². The fourth-order valence-electron chi connectivity index (χ4n) is 1.15. The molecule has 6 heteroatoms. The van der Waals surface area contributed by atoms with Crippen molar-refractivity contribution in [1.82, 2.24) is 15.0 Å². The smallest absolute Gasteiger partial charge is 0.191 e. The minimum atomic E-state index is 0.393. The minimum absolute atomic E-state index is 0.393. The minimum Gasteiger partial charge on any atom is -0.383 e. The molecule has 2 aromatic rings. The maximum atomic E-state index is 5.57. The summed E-state index contributed by atoms with van der Waals surface area (Å²) >= 11 is 1.49. The monoisotopic (exact) mass is 233 g/mol. The lowest BCUT2D eigenvalue weighted by Crippen LogP contribution is -1.99. The average molecular weight is 233 g/mol. The molecule has 0 saturated carbocycles. The van der Waals surface area contributed by atoms with Crippen LogP contribution in [-0.2, 0) is 5.75 Å². The van der Waals surface area contributed by atoms with E-state index >= 15 is 0 Å². The molecule has 0 saturated heterocycles. The Morgan fingerprint density at radius 1 is 1.06 bits per heavy atom. The van der Waals surface area contributed by atoms with Crippen LogP contribution in [0.4, 0.5) is 11.6 Å². The van der Waals surface area contributed by atoms with Gasteiger partial charge in [0.25, 0.3) is 0 Å². The molecule has 0 atom stereocenters. The zero-order chi connectivity index (χ0) is 11.4. The highest BCUT2D eigenvalue weighted by molar-refractivity contribution is 7.98. The van der Waals surface area contributed by atoms with Gasteiger partial charge in [-0.05, 0) is 17.7 Å². The molecule has 0 unspecified atom stereocenters. The number of rotatable bonds is 3. The number of nitrogens with zero attached hydrogens (tertiary/aromatic N) is 3. The molecule has 0 bridgehead atoms. The van der Waals surface area contributed by atoms with Crippen molar-refractivity contribution in [2.24, 2.45) is 0 Å². The maximum absolute atomic E-state index is 5.57. The van der Waals surface area contributed by atoms with Crippen molar-refractivity contribution >= 4 is 23.4 Å². The van der Waals surface area contributed by atoms with Gasteiger partial charge in [0.05, 0.1) is 0 Å². The van der Waals surface area contributed by atoms with Gasteiger partial charge in [-0.3, -0.25) is 4.98 Å². The molecule has 0 aliphatic rings. The Labute approximate surface area is 97.3 Å². The van der Waals surface area contributed by atoms with Gasteiger partial charge in [0.2, 0.25) is 0 Å². The first-order chi connectivity index (χ1) is 7.74. The van der Waals surface area contributed by atoms with Crippen LogP contribution in [0.2, 0.25) is 0 Å². The SMILES string of the molecule is Nc1cc(N)nc(SCc2ccncc2)n1. The van der Waals surface area contributed by atoms with E-state index in [0.717, 1.165) is 11.3 Å². The quantitative estimate of drug-likeness (QED) is 0.614. The van der Waals surface area contributed by atoms with Crippen molar-refractivity contribution in [3.05, 3.63) is 36.2 Å². The molecule has 0 aromatic carbocycles. The molecule has 0 aliphatic heterocycles. The molecule has 0 aliphatic carbocycles. The van der Waals surface area contributed by atoms with Crippen LogP contribution < -0.4 is 11.5 Å². The summed E-state index contributed by atoms with van der Waals surface area (Å²) in [7, 11) is 0. The fraction of sp³-hybridized carbons (Fsp3) is 0.100. The maximum Gasteiger partial charge on any atom is 0.191 e. The first kappa shape index (κ1) is 10.7. The van der Waals surface area contributed by atoms with Crippen molar-refractivity contribution in [3.8, 4) is 0 Å². The van der Waals surface area contributed by atoms with E-state index in [0.29, 0.717) is 16.8 Å². The van der Waals surface area contributed by atoms with Crippen LogP contribution in [0.1, 0.15) is 5.56 Å². The van der Waals surface area contributed by atoms with Crippen LogP contribution in [-0.4, -0.2) is 15.0 Å². The van der Waals surface area contributed by atoms with E-state index in [1.54, 1.807) is 12.4 Å². The van der Waals surface area contributed by atoms with Crippen LogP contribution in [0.15, 0.2) is 35.7 Å². The van der Waals surface area contributed by atoms with Crippen molar-refractivity contribution in [2.75, 3.05) is 11.5 Å². The first-order valence-electron chi connectivity index (χ1n) is 4.66. The highest BCUT2D eigenvalue weighted by Gasteiger charge is 2.01. The molecular formula is C10H11N5S. The van der Waals surface area contributed by atoms with Crippen molar-refractivity contribution < 1.29 is 0 Å². The van der Waals surface area contributed by atoms with Crippen molar-refractivity contribution in [2.45, 2.75) is 10.9 Å². The summed E-state index contributed by atoms with van der Waals surface area (Å²) in [4.78, 5) is 12.1. The Morgan fingerprint density at radius 3 is 2.31 bits per heavy atom. The summed E-state index contributed by atoms with van der Waals surface area (Å²) in [5.74, 6) is 1.56. The molecule has 82 valence electrons. The summed E-state index contributed by atoms with van der Waals surface area (Å²) in [5, 5.41) is 0.592. The largest absolute Gasteiger partial charge is 0.383 e. The number of hydrogen-bond acceptors (Lipinski definition) is 6. The van der Waals surface area contributed by atoms with Gasteiger partial charge in [-0.25, -0.2) is 9.97 Å². The Morgan fingerprint density at radius 2 is 1.69 bits per heavy atom. The van der Waals surface area contributed by atoms with Crippen LogP contribution >= 0.6 is 11.8 Å². The van der Waals surface area contributed by atoms with E-state index in [2.05, 4.69) is 15.0 Å². The normalized spacial score (nSPS) is 10.2. The van der Waals surface area contributed by atoms with Crippen molar-refractivity contribution in [1.29, 1.82) is 0 Å². The van der Waals surface area contributed by atoms with E-state index in [1.165, 1.54) is 17.8 Å². The van der Waals surface area contributed by atoms with Crippen LogP contribution in [0.25, 0.3) is 0 Å². The molecule has 2 rings (SSSR count). The Hall–Kier alpha value is -1.82. The second kappa shape index (κ2) is 4.80.